The van der Waals surface area contributed by atoms with Crippen molar-refractivity contribution in [1.82, 2.24) is 0 Å². The highest BCUT2D eigenvalue weighted by molar-refractivity contribution is 5.94. The molecule has 1 aromatic carbocycles. The number of nitrogens with one attached hydrogen (secondary N) is 1. The van der Waals surface area contributed by atoms with Crippen LogP contribution < -0.4 is 10.1 Å². The number of amides is 1. The second-order valence-electron chi connectivity index (χ2n) is 4.27. The van der Waals surface area contributed by atoms with Gasteiger partial charge in [-0.15, -0.1) is 0 Å². The summed E-state index contributed by atoms with van der Waals surface area (Å²) in [6, 6.07) is 9.09. The van der Waals surface area contributed by atoms with Crippen molar-refractivity contribution in [2.45, 2.75) is 33.3 Å². The van der Waals surface area contributed by atoms with Gasteiger partial charge in [0.1, 0.15) is 11.7 Å². The third-order valence-electron chi connectivity index (χ3n) is 2.37. The molecular weight excluding hydrogens is 228 g/mol. The van der Waals surface area contributed by atoms with Crippen LogP contribution in [0, 0.1) is 17.2 Å². The third kappa shape index (κ3) is 4.10. The van der Waals surface area contributed by atoms with Crippen molar-refractivity contribution in [1.29, 1.82) is 5.26 Å². The standard InChI is InChI=1S/C14H18N2O2/c1-4-11(9-15)14(17)16-12-5-7-13(8-6-12)18-10(2)3/h5-8,10-11H,4H2,1-3H3,(H,16,17). The molecule has 1 unspecified atom stereocenters. The summed E-state index contributed by atoms with van der Waals surface area (Å²) in [5.74, 6) is -0.107. The fourth-order valence-electron chi connectivity index (χ4n) is 1.45. The lowest BCUT2D eigenvalue weighted by molar-refractivity contribution is -0.118. The van der Waals surface area contributed by atoms with Crippen LogP contribution in [0.25, 0.3) is 0 Å². The Morgan fingerprint density at radius 2 is 2.00 bits per heavy atom. The van der Waals surface area contributed by atoms with Crippen molar-refractivity contribution >= 4 is 11.6 Å². The molecule has 0 aromatic heterocycles. The molecule has 0 aliphatic heterocycles. The molecule has 1 aromatic rings. The van der Waals surface area contributed by atoms with Crippen LogP contribution in [-0.2, 0) is 4.79 Å². The normalized spacial score (nSPS) is 11.7. The summed E-state index contributed by atoms with van der Waals surface area (Å²) in [4.78, 5) is 11.7. The van der Waals surface area contributed by atoms with E-state index in [-0.39, 0.29) is 12.0 Å². The topological polar surface area (TPSA) is 62.1 Å². The third-order valence-corrected chi connectivity index (χ3v) is 2.37. The van der Waals surface area contributed by atoms with E-state index in [2.05, 4.69) is 5.32 Å². The van der Waals surface area contributed by atoms with E-state index >= 15 is 0 Å². The van der Waals surface area contributed by atoms with E-state index in [9.17, 15) is 4.79 Å². The Balaban J connectivity index is 2.64. The first kappa shape index (κ1) is 14.0. The Labute approximate surface area is 108 Å². The van der Waals surface area contributed by atoms with Crippen LogP contribution >= 0.6 is 0 Å². The number of rotatable bonds is 5. The summed E-state index contributed by atoms with van der Waals surface area (Å²) in [7, 11) is 0. The molecule has 0 saturated heterocycles. The number of carbonyl (C=O) groups excluding carboxylic acids is 1. The van der Waals surface area contributed by atoms with Crippen molar-refractivity contribution in [2.24, 2.45) is 5.92 Å². The minimum atomic E-state index is -0.600. The predicted octanol–water partition coefficient (Wildman–Crippen LogP) is 2.96. The molecule has 0 aliphatic rings. The zero-order valence-electron chi connectivity index (χ0n) is 10.9. The average Bonchev–Trinajstić information content (AvgIpc) is 2.32. The molecular formula is C14H18N2O2. The molecule has 0 fully saturated rings. The molecule has 4 nitrogen and oxygen atoms in total. The average molecular weight is 246 g/mol. The number of ether oxygens (including phenoxy) is 1. The predicted molar refractivity (Wildman–Crippen MR) is 70.2 cm³/mol. The molecule has 1 N–H and O–H groups in total. The van der Waals surface area contributed by atoms with Crippen LogP contribution in [0.2, 0.25) is 0 Å². The van der Waals surface area contributed by atoms with Gasteiger partial charge in [0.05, 0.1) is 12.2 Å². The second-order valence-corrected chi connectivity index (χ2v) is 4.27. The molecule has 96 valence electrons. The number of nitriles is 1. The monoisotopic (exact) mass is 246 g/mol. The lowest BCUT2D eigenvalue weighted by atomic mass is 10.1. The van der Waals surface area contributed by atoms with Crippen molar-refractivity contribution in [3.63, 3.8) is 0 Å². The van der Waals surface area contributed by atoms with Crippen LogP contribution in [0.4, 0.5) is 5.69 Å². The highest BCUT2D eigenvalue weighted by Gasteiger charge is 2.15. The fraction of sp³-hybridized carbons (Fsp3) is 0.429. The summed E-state index contributed by atoms with van der Waals surface area (Å²) >= 11 is 0. The smallest absolute Gasteiger partial charge is 0.241 e. The SMILES string of the molecule is CCC(C#N)C(=O)Nc1ccc(OC(C)C)cc1. The minimum Gasteiger partial charge on any atom is -0.491 e. The molecule has 0 bridgehead atoms. The van der Waals surface area contributed by atoms with Gasteiger partial charge in [0.2, 0.25) is 5.91 Å². The van der Waals surface area contributed by atoms with Gasteiger partial charge < -0.3 is 10.1 Å². The maximum absolute atomic E-state index is 11.7. The van der Waals surface area contributed by atoms with E-state index in [1.165, 1.54) is 0 Å². The van der Waals surface area contributed by atoms with Crippen molar-refractivity contribution in [3.8, 4) is 11.8 Å². The highest BCUT2D eigenvalue weighted by atomic mass is 16.5. The zero-order valence-corrected chi connectivity index (χ0v) is 10.9. The quantitative estimate of drug-likeness (QED) is 0.868. The Morgan fingerprint density at radius 1 is 1.39 bits per heavy atom. The number of hydrogen-bond donors (Lipinski definition) is 1. The Bertz CT molecular complexity index is 432. The van der Waals surface area contributed by atoms with Gasteiger partial charge in [0.25, 0.3) is 0 Å². The number of benzene rings is 1. The number of anilines is 1. The maximum atomic E-state index is 11.7. The van der Waals surface area contributed by atoms with Gasteiger partial charge in [-0.25, -0.2) is 0 Å². The molecule has 1 amide bonds. The Morgan fingerprint density at radius 3 is 2.44 bits per heavy atom. The van der Waals surface area contributed by atoms with Crippen LogP contribution in [0.15, 0.2) is 24.3 Å². The summed E-state index contributed by atoms with van der Waals surface area (Å²) in [6.07, 6.45) is 0.630. The van der Waals surface area contributed by atoms with Gasteiger partial charge in [0, 0.05) is 5.69 Å². The molecule has 0 radical (unpaired) electrons. The first-order valence-corrected chi connectivity index (χ1v) is 6.04. The van der Waals surface area contributed by atoms with E-state index < -0.39 is 5.92 Å². The number of hydrogen-bond acceptors (Lipinski definition) is 3. The molecule has 1 atom stereocenters. The number of carbonyl (C=O) groups is 1. The van der Waals surface area contributed by atoms with E-state index in [1.54, 1.807) is 24.3 Å². The lowest BCUT2D eigenvalue weighted by Gasteiger charge is -2.11. The summed E-state index contributed by atoms with van der Waals surface area (Å²) in [6.45, 7) is 5.72. The first-order valence-electron chi connectivity index (χ1n) is 6.04. The summed E-state index contributed by atoms with van der Waals surface area (Å²) in [5.41, 5.74) is 0.671. The maximum Gasteiger partial charge on any atom is 0.241 e. The summed E-state index contributed by atoms with van der Waals surface area (Å²) < 4.78 is 5.50. The van der Waals surface area contributed by atoms with Gasteiger partial charge in [-0.3, -0.25) is 4.79 Å². The van der Waals surface area contributed by atoms with E-state index in [4.69, 9.17) is 10.00 Å². The minimum absolute atomic E-state index is 0.119. The largest absolute Gasteiger partial charge is 0.491 e. The molecule has 18 heavy (non-hydrogen) atoms. The molecule has 4 heteroatoms. The van der Waals surface area contributed by atoms with E-state index in [0.29, 0.717) is 12.1 Å². The van der Waals surface area contributed by atoms with Gasteiger partial charge in [-0.2, -0.15) is 5.26 Å². The molecule has 0 spiro atoms. The molecule has 0 aliphatic carbocycles. The van der Waals surface area contributed by atoms with Crippen molar-refractivity contribution in [2.75, 3.05) is 5.32 Å². The Hall–Kier alpha value is -2.02. The Kier molecular flexibility index (Phi) is 5.19. The molecule has 0 heterocycles. The first-order chi connectivity index (χ1) is 8.56. The van der Waals surface area contributed by atoms with Gasteiger partial charge in [-0.05, 0) is 44.5 Å². The van der Waals surface area contributed by atoms with Crippen LogP contribution in [0.1, 0.15) is 27.2 Å². The van der Waals surface area contributed by atoms with Gasteiger partial charge >= 0.3 is 0 Å². The zero-order chi connectivity index (χ0) is 13.5. The van der Waals surface area contributed by atoms with Crippen LogP contribution in [-0.4, -0.2) is 12.0 Å². The van der Waals surface area contributed by atoms with E-state index in [1.807, 2.05) is 26.8 Å². The highest BCUT2D eigenvalue weighted by Crippen LogP contribution is 2.17. The van der Waals surface area contributed by atoms with Crippen molar-refractivity contribution < 1.29 is 9.53 Å². The number of nitrogens with zero attached hydrogens (tertiary/aromatic N) is 1. The fourth-order valence-corrected chi connectivity index (χ4v) is 1.45. The van der Waals surface area contributed by atoms with Gasteiger partial charge in [-0.1, -0.05) is 6.92 Å². The van der Waals surface area contributed by atoms with Crippen molar-refractivity contribution in [3.05, 3.63) is 24.3 Å². The van der Waals surface area contributed by atoms with Gasteiger partial charge in [0.15, 0.2) is 0 Å². The van der Waals surface area contributed by atoms with Crippen LogP contribution in [0.5, 0.6) is 5.75 Å². The van der Waals surface area contributed by atoms with E-state index in [0.717, 1.165) is 5.75 Å². The summed E-state index contributed by atoms with van der Waals surface area (Å²) in [5, 5.41) is 11.5. The molecule has 1 rings (SSSR count). The van der Waals surface area contributed by atoms with Crippen LogP contribution in [0.3, 0.4) is 0 Å². The second kappa shape index (κ2) is 6.65. The lowest BCUT2D eigenvalue weighted by Crippen LogP contribution is -2.20. The molecule has 0 saturated carbocycles.